The third kappa shape index (κ3) is 5.60. The highest BCUT2D eigenvalue weighted by Gasteiger charge is 2.33. The summed E-state index contributed by atoms with van der Waals surface area (Å²) in [5, 5.41) is 10.9. The maximum Gasteiger partial charge on any atom is 0.417 e. The topological polar surface area (TPSA) is 72.7 Å². The summed E-state index contributed by atoms with van der Waals surface area (Å²) >= 11 is 10.1. The van der Waals surface area contributed by atoms with E-state index in [1.807, 2.05) is 30.3 Å². The van der Waals surface area contributed by atoms with Gasteiger partial charge in [0.25, 0.3) is 0 Å². The number of anilines is 1. The van der Waals surface area contributed by atoms with Gasteiger partial charge < -0.3 is 5.32 Å². The van der Waals surface area contributed by atoms with Crippen molar-refractivity contribution in [3.63, 3.8) is 0 Å². The van der Waals surface area contributed by atoms with Gasteiger partial charge in [0.15, 0.2) is 11.0 Å². The van der Waals surface area contributed by atoms with Crippen LogP contribution in [0.1, 0.15) is 5.56 Å². The number of alkyl halides is 3. The Labute approximate surface area is 209 Å². The lowest BCUT2D eigenvalue weighted by Gasteiger charge is -2.12. The first-order valence-electron chi connectivity index (χ1n) is 9.63. The molecule has 6 nitrogen and oxygen atoms in total. The number of amides is 1. The number of halogens is 5. The average Bonchev–Trinajstić information content (AvgIpc) is 3.23. The molecule has 0 bridgehead atoms. The zero-order chi connectivity index (χ0) is 24.3. The first-order chi connectivity index (χ1) is 16.2. The van der Waals surface area contributed by atoms with E-state index in [0.29, 0.717) is 11.0 Å². The molecule has 0 spiro atoms. The van der Waals surface area contributed by atoms with Crippen LogP contribution in [0.5, 0.6) is 0 Å². The smallest absolute Gasteiger partial charge is 0.325 e. The number of aromatic nitrogens is 4. The van der Waals surface area contributed by atoms with Gasteiger partial charge in [-0.1, -0.05) is 39.3 Å². The predicted octanol–water partition coefficient (Wildman–Crippen LogP) is 6.49. The van der Waals surface area contributed by atoms with Crippen molar-refractivity contribution in [1.29, 1.82) is 0 Å². The summed E-state index contributed by atoms with van der Waals surface area (Å²) in [5.41, 5.74) is 0.473. The molecule has 0 saturated carbocycles. The van der Waals surface area contributed by atoms with Crippen molar-refractivity contribution in [3.8, 4) is 17.1 Å². The molecule has 0 saturated heterocycles. The molecule has 0 radical (unpaired) electrons. The maximum atomic E-state index is 13.1. The van der Waals surface area contributed by atoms with E-state index in [4.69, 9.17) is 11.6 Å². The Morgan fingerprint density at radius 1 is 1.12 bits per heavy atom. The summed E-state index contributed by atoms with van der Waals surface area (Å²) in [7, 11) is 0. The maximum absolute atomic E-state index is 13.1. The molecular weight excluding hydrogens is 555 g/mol. The van der Waals surface area contributed by atoms with Crippen LogP contribution in [0.15, 0.2) is 76.6 Å². The number of benzene rings is 2. The number of pyridine rings is 1. The van der Waals surface area contributed by atoms with Crippen molar-refractivity contribution < 1.29 is 18.0 Å². The lowest BCUT2D eigenvalue weighted by atomic mass is 10.2. The van der Waals surface area contributed by atoms with Crippen LogP contribution in [0.4, 0.5) is 18.9 Å². The second-order valence-corrected chi connectivity index (χ2v) is 9.15. The van der Waals surface area contributed by atoms with Gasteiger partial charge in [-0.3, -0.25) is 14.3 Å². The molecule has 0 aliphatic heterocycles. The third-order valence-electron chi connectivity index (χ3n) is 4.53. The van der Waals surface area contributed by atoms with Crippen molar-refractivity contribution >= 4 is 50.9 Å². The largest absolute Gasteiger partial charge is 0.417 e. The van der Waals surface area contributed by atoms with Gasteiger partial charge in [0.1, 0.15) is 0 Å². The van der Waals surface area contributed by atoms with E-state index in [2.05, 4.69) is 36.4 Å². The zero-order valence-electron chi connectivity index (χ0n) is 17.1. The summed E-state index contributed by atoms with van der Waals surface area (Å²) < 4.78 is 41.9. The molecule has 2 aromatic carbocycles. The number of rotatable bonds is 6. The number of carbonyl (C=O) groups excluding carboxylic acids is 1. The van der Waals surface area contributed by atoms with Gasteiger partial charge in [-0.15, -0.1) is 10.2 Å². The molecule has 0 atom stereocenters. The van der Waals surface area contributed by atoms with E-state index in [-0.39, 0.29) is 11.4 Å². The summed E-state index contributed by atoms with van der Waals surface area (Å²) in [6.07, 6.45) is -1.33. The Morgan fingerprint density at radius 2 is 1.88 bits per heavy atom. The van der Waals surface area contributed by atoms with E-state index >= 15 is 0 Å². The van der Waals surface area contributed by atoms with Crippen molar-refractivity contribution in [1.82, 2.24) is 19.7 Å². The molecule has 2 heterocycles. The first-order valence-corrected chi connectivity index (χ1v) is 11.8. The Kier molecular flexibility index (Phi) is 7.24. The SMILES string of the molecule is O=C(CSc1nnc(-c2cccnc2)n1-c1ccc(Br)cc1)Nc1ccc(Cl)c(C(F)(F)F)c1. The minimum atomic E-state index is -4.63. The van der Waals surface area contributed by atoms with Crippen LogP contribution in [0.3, 0.4) is 0 Å². The van der Waals surface area contributed by atoms with Crippen LogP contribution in [0.2, 0.25) is 5.02 Å². The van der Waals surface area contributed by atoms with E-state index in [1.54, 1.807) is 23.0 Å². The Bertz CT molecular complexity index is 1320. The van der Waals surface area contributed by atoms with Crippen LogP contribution in [-0.4, -0.2) is 31.4 Å². The van der Waals surface area contributed by atoms with Crippen LogP contribution in [0, 0.1) is 0 Å². The second kappa shape index (κ2) is 10.2. The fourth-order valence-electron chi connectivity index (χ4n) is 3.02. The van der Waals surface area contributed by atoms with Crippen molar-refractivity contribution in [2.45, 2.75) is 11.3 Å². The predicted molar refractivity (Wildman–Crippen MR) is 128 cm³/mol. The number of carbonyl (C=O) groups is 1. The molecule has 174 valence electrons. The molecule has 0 aliphatic rings. The standard InChI is InChI=1S/C22H14BrClF3N5OS/c23-14-3-6-16(7-4-14)32-20(13-2-1-9-28-11-13)30-31-21(32)34-12-19(33)29-15-5-8-18(24)17(10-15)22(25,26)27/h1-11H,12H2,(H,29,33). The van der Waals surface area contributed by atoms with Gasteiger partial charge >= 0.3 is 6.18 Å². The Morgan fingerprint density at radius 3 is 2.56 bits per heavy atom. The number of thioether (sulfide) groups is 1. The lowest BCUT2D eigenvalue weighted by Crippen LogP contribution is -2.15. The minimum Gasteiger partial charge on any atom is -0.325 e. The fraction of sp³-hybridized carbons (Fsp3) is 0.0909. The molecule has 1 amide bonds. The summed E-state index contributed by atoms with van der Waals surface area (Å²) in [6, 6.07) is 14.3. The average molecular weight is 569 g/mol. The third-order valence-corrected chi connectivity index (χ3v) is 6.31. The summed E-state index contributed by atoms with van der Waals surface area (Å²) in [6.45, 7) is 0. The Balaban J connectivity index is 1.56. The number of nitrogens with one attached hydrogen (secondary N) is 1. The number of hydrogen-bond donors (Lipinski definition) is 1. The quantitative estimate of drug-likeness (QED) is 0.269. The molecule has 4 rings (SSSR count). The highest BCUT2D eigenvalue weighted by molar-refractivity contribution is 9.10. The minimum absolute atomic E-state index is 0.00671. The lowest BCUT2D eigenvalue weighted by molar-refractivity contribution is -0.137. The first kappa shape index (κ1) is 24.2. The van der Waals surface area contributed by atoms with E-state index < -0.39 is 22.7 Å². The highest BCUT2D eigenvalue weighted by Crippen LogP contribution is 2.36. The molecule has 1 N–H and O–H groups in total. The van der Waals surface area contributed by atoms with Gasteiger partial charge in [0.05, 0.1) is 16.3 Å². The molecule has 2 aromatic heterocycles. The Hall–Kier alpha value is -2.89. The van der Waals surface area contributed by atoms with Crippen LogP contribution in [0.25, 0.3) is 17.1 Å². The van der Waals surface area contributed by atoms with Crippen LogP contribution < -0.4 is 5.32 Å². The van der Waals surface area contributed by atoms with E-state index in [0.717, 1.165) is 39.6 Å². The summed E-state index contributed by atoms with van der Waals surface area (Å²) in [4.78, 5) is 16.6. The van der Waals surface area contributed by atoms with Crippen LogP contribution in [-0.2, 0) is 11.0 Å². The molecule has 0 aliphatic carbocycles. The van der Waals surface area contributed by atoms with Gasteiger partial charge in [0.2, 0.25) is 5.91 Å². The van der Waals surface area contributed by atoms with Crippen molar-refractivity contribution in [3.05, 3.63) is 82.0 Å². The molecule has 0 fully saturated rings. The summed E-state index contributed by atoms with van der Waals surface area (Å²) in [5.74, 6) is -0.0781. The van der Waals surface area contributed by atoms with Crippen molar-refractivity contribution in [2.24, 2.45) is 0 Å². The molecule has 34 heavy (non-hydrogen) atoms. The molecule has 12 heteroatoms. The zero-order valence-corrected chi connectivity index (χ0v) is 20.2. The van der Waals surface area contributed by atoms with Gasteiger partial charge in [0, 0.05) is 33.8 Å². The van der Waals surface area contributed by atoms with E-state index in [1.165, 1.54) is 6.07 Å². The van der Waals surface area contributed by atoms with E-state index in [9.17, 15) is 18.0 Å². The normalized spacial score (nSPS) is 11.4. The van der Waals surface area contributed by atoms with Gasteiger partial charge in [-0.05, 0) is 54.6 Å². The number of hydrogen-bond acceptors (Lipinski definition) is 5. The van der Waals surface area contributed by atoms with Gasteiger partial charge in [-0.2, -0.15) is 13.2 Å². The molecule has 4 aromatic rings. The molecule has 0 unspecified atom stereocenters. The monoisotopic (exact) mass is 567 g/mol. The second-order valence-electron chi connectivity index (χ2n) is 6.89. The number of nitrogens with zero attached hydrogens (tertiary/aromatic N) is 4. The van der Waals surface area contributed by atoms with Gasteiger partial charge in [-0.25, -0.2) is 0 Å². The highest BCUT2D eigenvalue weighted by atomic mass is 79.9. The molecular formula is C22H14BrClF3N5OS. The van der Waals surface area contributed by atoms with Crippen molar-refractivity contribution in [2.75, 3.05) is 11.1 Å². The van der Waals surface area contributed by atoms with Crippen LogP contribution >= 0.6 is 39.3 Å². The fourth-order valence-corrected chi connectivity index (χ4v) is 4.26.